The lowest BCUT2D eigenvalue weighted by Gasteiger charge is -2.12. The van der Waals surface area contributed by atoms with Crippen LogP contribution < -0.4 is 5.32 Å². The second-order valence-corrected chi connectivity index (χ2v) is 3.75. The molecule has 14 heavy (non-hydrogen) atoms. The number of rotatable bonds is 2. The number of nitrogens with one attached hydrogen (secondary N) is 1. The fraction of sp³-hybridized carbons (Fsp3) is 0.455. The van der Waals surface area contributed by atoms with Gasteiger partial charge in [0.05, 0.1) is 0 Å². The van der Waals surface area contributed by atoms with Crippen LogP contribution in [-0.2, 0) is 12.8 Å². The van der Waals surface area contributed by atoms with Crippen molar-refractivity contribution in [1.29, 1.82) is 0 Å². The third kappa shape index (κ3) is 1.61. The number of anilines is 1. The number of hydrogen-bond acceptors (Lipinski definition) is 3. The summed E-state index contributed by atoms with van der Waals surface area (Å²) in [6.45, 7) is 2.96. The summed E-state index contributed by atoms with van der Waals surface area (Å²) < 4.78 is 0. The van der Waals surface area contributed by atoms with Crippen LogP contribution in [0, 0.1) is 6.92 Å². The van der Waals surface area contributed by atoms with E-state index in [4.69, 9.17) is 10.2 Å². The molecular weight excluding hydrogens is 178 g/mol. The van der Waals surface area contributed by atoms with Crippen LogP contribution in [0.3, 0.4) is 0 Å². The largest absolute Gasteiger partial charge is 0.384 e. The van der Waals surface area contributed by atoms with E-state index in [0.717, 1.165) is 29.8 Å². The van der Waals surface area contributed by atoms with Crippen LogP contribution in [0.2, 0.25) is 0 Å². The third-order valence-electron chi connectivity index (χ3n) is 2.74. The molecule has 0 aromatic heterocycles. The highest BCUT2D eigenvalue weighted by Crippen LogP contribution is 2.28. The van der Waals surface area contributed by atoms with Gasteiger partial charge in [0.25, 0.3) is 0 Å². The van der Waals surface area contributed by atoms with E-state index < -0.39 is 6.29 Å². The Balaban J connectivity index is 2.41. The van der Waals surface area contributed by atoms with Crippen molar-refractivity contribution < 1.29 is 10.2 Å². The van der Waals surface area contributed by atoms with Crippen LogP contribution in [0.25, 0.3) is 0 Å². The summed E-state index contributed by atoms with van der Waals surface area (Å²) in [5.74, 6) is 0. The van der Waals surface area contributed by atoms with Gasteiger partial charge in [0.15, 0.2) is 6.29 Å². The number of aliphatic hydroxyl groups excluding tert-OH is 1. The lowest BCUT2D eigenvalue weighted by atomic mass is 9.97. The van der Waals surface area contributed by atoms with E-state index in [2.05, 4.69) is 11.4 Å². The molecule has 0 fully saturated rings. The molecule has 2 rings (SSSR count). The van der Waals surface area contributed by atoms with E-state index in [1.807, 2.05) is 13.0 Å². The first-order valence-corrected chi connectivity index (χ1v) is 4.90. The maximum atomic E-state index is 9.00. The number of fused-ring (bicyclic) bond motifs is 1. The van der Waals surface area contributed by atoms with E-state index in [-0.39, 0.29) is 0 Å². The molecule has 0 amide bonds. The van der Waals surface area contributed by atoms with Crippen LogP contribution in [0.4, 0.5) is 5.69 Å². The average Bonchev–Trinajstić information content (AvgIpc) is 2.57. The van der Waals surface area contributed by atoms with Crippen molar-refractivity contribution in [3.63, 3.8) is 0 Å². The second-order valence-electron chi connectivity index (χ2n) is 3.75. The Morgan fingerprint density at radius 2 is 2.21 bits per heavy atom. The molecule has 0 aliphatic carbocycles. The zero-order chi connectivity index (χ0) is 10.1. The summed E-state index contributed by atoms with van der Waals surface area (Å²) in [7, 11) is 0. The fourth-order valence-corrected chi connectivity index (χ4v) is 2.05. The van der Waals surface area contributed by atoms with E-state index in [1.54, 1.807) is 0 Å². The van der Waals surface area contributed by atoms with Crippen LogP contribution >= 0.6 is 0 Å². The topological polar surface area (TPSA) is 52.5 Å². The Hall–Kier alpha value is -1.06. The molecule has 0 saturated heterocycles. The highest BCUT2D eigenvalue weighted by molar-refractivity contribution is 5.60. The van der Waals surface area contributed by atoms with Crippen LogP contribution in [-0.4, -0.2) is 23.0 Å². The molecule has 0 bridgehead atoms. The quantitative estimate of drug-likeness (QED) is 0.609. The van der Waals surface area contributed by atoms with E-state index >= 15 is 0 Å². The predicted octanol–water partition coefficient (Wildman–Crippen LogP) is 0.816. The predicted molar refractivity (Wildman–Crippen MR) is 55.3 cm³/mol. The number of benzene rings is 1. The molecule has 0 spiro atoms. The average molecular weight is 193 g/mol. The maximum absolute atomic E-state index is 9.00. The molecule has 1 aromatic rings. The fourth-order valence-electron chi connectivity index (χ4n) is 2.05. The van der Waals surface area contributed by atoms with Crippen LogP contribution in [0.1, 0.15) is 16.7 Å². The van der Waals surface area contributed by atoms with Gasteiger partial charge in [0, 0.05) is 18.7 Å². The minimum Gasteiger partial charge on any atom is -0.384 e. The van der Waals surface area contributed by atoms with E-state index in [9.17, 15) is 0 Å². The van der Waals surface area contributed by atoms with Gasteiger partial charge in [-0.3, -0.25) is 0 Å². The third-order valence-corrected chi connectivity index (χ3v) is 2.74. The van der Waals surface area contributed by atoms with Gasteiger partial charge < -0.3 is 15.5 Å². The zero-order valence-electron chi connectivity index (χ0n) is 8.25. The Bertz CT molecular complexity index is 347. The summed E-state index contributed by atoms with van der Waals surface area (Å²) in [6.07, 6.45) is 0.0660. The minimum absolute atomic E-state index is 0.330. The summed E-state index contributed by atoms with van der Waals surface area (Å²) in [6, 6.07) is 4.08. The number of aryl methyl sites for hydroxylation is 1. The summed E-state index contributed by atoms with van der Waals surface area (Å²) in [5.41, 5.74) is 4.62. The molecule has 76 valence electrons. The number of hydrogen-bond donors (Lipinski definition) is 3. The first-order valence-electron chi connectivity index (χ1n) is 4.90. The molecule has 0 saturated carbocycles. The zero-order valence-corrected chi connectivity index (χ0v) is 8.25. The van der Waals surface area contributed by atoms with Crippen molar-refractivity contribution in [3.05, 3.63) is 28.8 Å². The van der Waals surface area contributed by atoms with Crippen molar-refractivity contribution in [1.82, 2.24) is 0 Å². The van der Waals surface area contributed by atoms with E-state index in [0.29, 0.717) is 6.42 Å². The Morgan fingerprint density at radius 1 is 1.43 bits per heavy atom. The SMILES string of the molecule is Cc1ccc2c(c1CC(O)O)CCN2. The highest BCUT2D eigenvalue weighted by Gasteiger charge is 2.17. The second kappa shape index (κ2) is 3.59. The molecule has 3 heteroatoms. The summed E-state index contributed by atoms with van der Waals surface area (Å²) >= 11 is 0. The standard InChI is InChI=1S/C11H15NO2/c1-7-2-3-10-8(4-5-12-10)9(7)6-11(13)14/h2-3,11-14H,4-6H2,1H3. The van der Waals surface area contributed by atoms with Crippen LogP contribution in [0.5, 0.6) is 0 Å². The molecule has 3 N–H and O–H groups in total. The first-order chi connectivity index (χ1) is 6.68. The lowest BCUT2D eigenvalue weighted by Crippen LogP contribution is -2.11. The lowest BCUT2D eigenvalue weighted by molar-refractivity contribution is -0.0383. The number of aliphatic hydroxyl groups is 2. The first kappa shape index (κ1) is 9.49. The minimum atomic E-state index is -1.25. The molecule has 0 atom stereocenters. The smallest absolute Gasteiger partial charge is 0.155 e. The highest BCUT2D eigenvalue weighted by atomic mass is 16.5. The summed E-state index contributed by atoms with van der Waals surface area (Å²) in [4.78, 5) is 0. The Morgan fingerprint density at radius 3 is 2.93 bits per heavy atom. The van der Waals surface area contributed by atoms with Crippen molar-refractivity contribution in [2.75, 3.05) is 11.9 Å². The molecule has 1 aliphatic rings. The Labute approximate surface area is 83.4 Å². The van der Waals surface area contributed by atoms with Crippen molar-refractivity contribution >= 4 is 5.69 Å². The van der Waals surface area contributed by atoms with Gasteiger partial charge >= 0.3 is 0 Å². The molecular formula is C11H15NO2. The van der Waals surface area contributed by atoms with E-state index in [1.165, 1.54) is 5.56 Å². The normalized spacial score (nSPS) is 14.3. The van der Waals surface area contributed by atoms with Gasteiger partial charge in [0.1, 0.15) is 0 Å². The molecule has 3 nitrogen and oxygen atoms in total. The monoisotopic (exact) mass is 193 g/mol. The van der Waals surface area contributed by atoms with Crippen molar-refractivity contribution in [2.24, 2.45) is 0 Å². The molecule has 1 heterocycles. The molecule has 0 unspecified atom stereocenters. The van der Waals surface area contributed by atoms with Gasteiger partial charge in [-0.25, -0.2) is 0 Å². The summed E-state index contributed by atoms with van der Waals surface area (Å²) in [5, 5.41) is 21.3. The van der Waals surface area contributed by atoms with Gasteiger partial charge in [-0.15, -0.1) is 0 Å². The molecule has 1 aromatic carbocycles. The molecule has 1 aliphatic heterocycles. The maximum Gasteiger partial charge on any atom is 0.155 e. The van der Waals surface area contributed by atoms with Crippen LogP contribution in [0.15, 0.2) is 12.1 Å². The molecule has 0 radical (unpaired) electrons. The van der Waals surface area contributed by atoms with Gasteiger partial charge in [-0.05, 0) is 36.1 Å². The van der Waals surface area contributed by atoms with Gasteiger partial charge in [0.2, 0.25) is 0 Å². The van der Waals surface area contributed by atoms with Crippen molar-refractivity contribution in [2.45, 2.75) is 26.1 Å². The van der Waals surface area contributed by atoms with Crippen molar-refractivity contribution in [3.8, 4) is 0 Å². The van der Waals surface area contributed by atoms with Gasteiger partial charge in [-0.1, -0.05) is 6.07 Å². The Kier molecular flexibility index (Phi) is 2.44. The van der Waals surface area contributed by atoms with Gasteiger partial charge in [-0.2, -0.15) is 0 Å².